The second-order valence-electron chi connectivity index (χ2n) is 8.52. The molecule has 2 heterocycles. The molecule has 34 heavy (non-hydrogen) atoms. The molecule has 6 heteroatoms. The molecule has 6 nitrogen and oxygen atoms in total. The number of carbonyl (C=O) groups excluding carboxylic acids is 1. The van der Waals surface area contributed by atoms with Crippen molar-refractivity contribution in [3.05, 3.63) is 112 Å². The smallest absolute Gasteiger partial charge is 0.240 e. The molecule has 0 aliphatic carbocycles. The largest absolute Gasteiger partial charge is 0.350 e. The molecule has 0 aliphatic rings. The summed E-state index contributed by atoms with van der Waals surface area (Å²) in [6.45, 7) is 5.22. The molecule has 0 spiro atoms. The van der Waals surface area contributed by atoms with Crippen LogP contribution in [0.3, 0.4) is 0 Å². The summed E-state index contributed by atoms with van der Waals surface area (Å²) in [5.41, 5.74) is 5.65. The van der Waals surface area contributed by atoms with E-state index in [2.05, 4.69) is 22.5 Å². The standard InChI is InChI=1S/C28H26N4O2/c1-19-24(20(2)32(30-19)17-21-10-4-3-5-11-21)16-29-27(33)18-31-25-14-8-6-12-22(25)28(34)23-13-7-9-15-26(23)31/h3-15H,16-18H2,1-2H3,(H,29,33). The van der Waals surface area contributed by atoms with Gasteiger partial charge in [0.15, 0.2) is 5.43 Å². The van der Waals surface area contributed by atoms with Gasteiger partial charge >= 0.3 is 0 Å². The number of nitrogens with one attached hydrogen (secondary N) is 1. The third kappa shape index (κ3) is 3.99. The van der Waals surface area contributed by atoms with E-state index in [1.54, 1.807) is 0 Å². The lowest BCUT2D eigenvalue weighted by atomic mass is 10.1. The number of hydrogen-bond donors (Lipinski definition) is 1. The predicted octanol–water partition coefficient (Wildman–Crippen LogP) is 4.33. The van der Waals surface area contributed by atoms with E-state index in [1.807, 2.05) is 89.8 Å². The Labute approximate surface area is 197 Å². The fraction of sp³-hybridized carbons (Fsp3) is 0.179. The summed E-state index contributed by atoms with van der Waals surface area (Å²) in [6.07, 6.45) is 0. The number of carbonyl (C=O) groups is 1. The number of nitrogens with zero attached hydrogens (tertiary/aromatic N) is 3. The first kappa shape index (κ1) is 21.6. The van der Waals surface area contributed by atoms with Gasteiger partial charge in [-0.25, -0.2) is 0 Å². The highest BCUT2D eigenvalue weighted by atomic mass is 16.2. The number of rotatable bonds is 6. The van der Waals surface area contributed by atoms with Gasteiger partial charge in [-0.2, -0.15) is 5.10 Å². The van der Waals surface area contributed by atoms with Crippen molar-refractivity contribution in [3.63, 3.8) is 0 Å². The zero-order valence-electron chi connectivity index (χ0n) is 19.3. The van der Waals surface area contributed by atoms with Crippen molar-refractivity contribution in [1.82, 2.24) is 19.7 Å². The van der Waals surface area contributed by atoms with Crippen LogP contribution in [-0.2, 0) is 24.4 Å². The number of para-hydroxylation sites is 2. The summed E-state index contributed by atoms with van der Waals surface area (Å²) in [5, 5.41) is 8.97. The minimum absolute atomic E-state index is 0.0139. The van der Waals surface area contributed by atoms with Crippen molar-refractivity contribution in [2.75, 3.05) is 0 Å². The molecule has 170 valence electrons. The van der Waals surface area contributed by atoms with E-state index in [4.69, 9.17) is 0 Å². The van der Waals surface area contributed by atoms with Crippen molar-refractivity contribution in [3.8, 4) is 0 Å². The molecule has 0 saturated heterocycles. The number of pyridine rings is 1. The van der Waals surface area contributed by atoms with Crippen LogP contribution in [0.1, 0.15) is 22.5 Å². The second kappa shape index (κ2) is 8.98. The molecule has 5 rings (SSSR count). The highest BCUT2D eigenvalue weighted by molar-refractivity contribution is 5.94. The van der Waals surface area contributed by atoms with Gasteiger partial charge in [0.25, 0.3) is 0 Å². The normalized spacial score (nSPS) is 11.2. The zero-order valence-corrected chi connectivity index (χ0v) is 19.3. The first-order valence-electron chi connectivity index (χ1n) is 11.4. The average molecular weight is 451 g/mol. The van der Waals surface area contributed by atoms with Gasteiger partial charge in [0.2, 0.25) is 5.91 Å². The lowest BCUT2D eigenvalue weighted by Crippen LogP contribution is -2.28. The fourth-order valence-electron chi connectivity index (χ4n) is 4.53. The Morgan fingerprint density at radius 3 is 2.09 bits per heavy atom. The maximum absolute atomic E-state index is 13.0. The maximum Gasteiger partial charge on any atom is 0.240 e. The van der Waals surface area contributed by atoms with Gasteiger partial charge in [0.1, 0.15) is 6.54 Å². The van der Waals surface area contributed by atoms with Crippen molar-refractivity contribution in [2.24, 2.45) is 0 Å². The van der Waals surface area contributed by atoms with Gasteiger partial charge in [0.05, 0.1) is 23.3 Å². The Morgan fingerprint density at radius 2 is 1.44 bits per heavy atom. The molecule has 1 amide bonds. The van der Waals surface area contributed by atoms with E-state index < -0.39 is 0 Å². The molecule has 0 saturated carbocycles. The Hall–Kier alpha value is -4.19. The number of aromatic nitrogens is 3. The summed E-state index contributed by atoms with van der Waals surface area (Å²) in [7, 11) is 0. The molecular formula is C28H26N4O2. The lowest BCUT2D eigenvalue weighted by molar-refractivity contribution is -0.121. The molecule has 5 aromatic rings. The highest BCUT2D eigenvalue weighted by Crippen LogP contribution is 2.19. The van der Waals surface area contributed by atoms with E-state index in [1.165, 1.54) is 5.56 Å². The average Bonchev–Trinajstić information content (AvgIpc) is 3.13. The quantitative estimate of drug-likeness (QED) is 0.392. The lowest BCUT2D eigenvalue weighted by Gasteiger charge is -2.15. The first-order chi connectivity index (χ1) is 16.5. The molecule has 0 fully saturated rings. The van der Waals surface area contributed by atoms with Crippen LogP contribution in [0.15, 0.2) is 83.7 Å². The third-order valence-electron chi connectivity index (χ3n) is 6.35. The van der Waals surface area contributed by atoms with Crippen LogP contribution < -0.4 is 10.7 Å². The maximum atomic E-state index is 13.0. The molecule has 0 unspecified atom stereocenters. The number of amides is 1. The second-order valence-corrected chi connectivity index (χ2v) is 8.52. The molecule has 0 bridgehead atoms. The summed E-state index contributed by atoms with van der Waals surface area (Å²) in [6, 6.07) is 25.1. The van der Waals surface area contributed by atoms with Crippen LogP contribution >= 0.6 is 0 Å². The summed E-state index contributed by atoms with van der Waals surface area (Å²) in [4.78, 5) is 26.0. The Morgan fingerprint density at radius 1 is 0.853 bits per heavy atom. The van der Waals surface area contributed by atoms with E-state index in [-0.39, 0.29) is 17.9 Å². The number of hydrogen-bond acceptors (Lipinski definition) is 3. The first-order valence-corrected chi connectivity index (χ1v) is 11.4. The van der Waals surface area contributed by atoms with Crippen molar-refractivity contribution < 1.29 is 4.79 Å². The van der Waals surface area contributed by atoms with Gasteiger partial charge in [-0.3, -0.25) is 14.3 Å². The van der Waals surface area contributed by atoms with Gasteiger partial charge < -0.3 is 9.88 Å². The molecule has 3 aromatic carbocycles. The number of aryl methyl sites for hydroxylation is 1. The summed E-state index contributed by atoms with van der Waals surface area (Å²) >= 11 is 0. The minimum Gasteiger partial charge on any atom is -0.350 e. The molecule has 0 radical (unpaired) electrons. The van der Waals surface area contributed by atoms with Crippen LogP contribution in [0, 0.1) is 13.8 Å². The molecule has 1 N–H and O–H groups in total. The summed E-state index contributed by atoms with van der Waals surface area (Å²) < 4.78 is 3.90. The summed E-state index contributed by atoms with van der Waals surface area (Å²) in [5.74, 6) is -0.117. The van der Waals surface area contributed by atoms with Crippen molar-refractivity contribution in [1.29, 1.82) is 0 Å². The monoisotopic (exact) mass is 450 g/mol. The zero-order chi connectivity index (χ0) is 23.7. The van der Waals surface area contributed by atoms with Crippen LogP contribution in [0.5, 0.6) is 0 Å². The van der Waals surface area contributed by atoms with Crippen LogP contribution in [0.25, 0.3) is 21.8 Å². The van der Waals surface area contributed by atoms with Gasteiger partial charge in [0, 0.05) is 28.6 Å². The van der Waals surface area contributed by atoms with Crippen molar-refractivity contribution in [2.45, 2.75) is 33.5 Å². The molecule has 0 atom stereocenters. The molecule has 0 aliphatic heterocycles. The van der Waals surface area contributed by atoms with Crippen LogP contribution in [0.4, 0.5) is 0 Å². The van der Waals surface area contributed by atoms with Crippen LogP contribution in [0.2, 0.25) is 0 Å². The Kier molecular flexibility index (Phi) is 5.72. The van der Waals surface area contributed by atoms with E-state index in [0.717, 1.165) is 28.0 Å². The van der Waals surface area contributed by atoms with Crippen LogP contribution in [-0.4, -0.2) is 20.3 Å². The number of benzene rings is 3. The molecular weight excluding hydrogens is 424 g/mol. The topological polar surface area (TPSA) is 68.9 Å². The fourth-order valence-corrected chi connectivity index (χ4v) is 4.53. The van der Waals surface area contributed by atoms with Crippen molar-refractivity contribution >= 4 is 27.7 Å². The van der Waals surface area contributed by atoms with E-state index in [0.29, 0.717) is 23.9 Å². The minimum atomic E-state index is -0.117. The Bertz CT molecular complexity index is 1500. The van der Waals surface area contributed by atoms with E-state index >= 15 is 0 Å². The predicted molar refractivity (Wildman–Crippen MR) is 135 cm³/mol. The van der Waals surface area contributed by atoms with Gasteiger partial charge in [-0.15, -0.1) is 0 Å². The van der Waals surface area contributed by atoms with E-state index in [9.17, 15) is 9.59 Å². The SMILES string of the molecule is Cc1nn(Cc2ccccc2)c(C)c1CNC(=O)Cn1c2ccccc2c(=O)c2ccccc21. The van der Waals surface area contributed by atoms with Gasteiger partial charge in [-0.05, 0) is 43.7 Å². The number of fused-ring (bicyclic) bond motifs is 2. The third-order valence-corrected chi connectivity index (χ3v) is 6.35. The Balaban J connectivity index is 1.39. The van der Waals surface area contributed by atoms with Gasteiger partial charge in [-0.1, -0.05) is 54.6 Å². The highest BCUT2D eigenvalue weighted by Gasteiger charge is 2.15. The molecule has 2 aromatic heterocycles.